The van der Waals surface area contributed by atoms with Gasteiger partial charge in [-0.15, -0.1) is 0 Å². The monoisotopic (exact) mass is 199 g/mol. The quantitative estimate of drug-likeness (QED) is 0.479. The molecule has 0 saturated heterocycles. The second-order valence-electron chi connectivity index (χ2n) is 3.94. The lowest BCUT2D eigenvalue weighted by atomic mass is 10.2. The van der Waals surface area contributed by atoms with Crippen LogP contribution >= 0.6 is 0 Å². The SMILES string of the molecule is CCCCCCOC(=O)CNC1CC1. The summed E-state index contributed by atoms with van der Waals surface area (Å²) in [5.41, 5.74) is 0. The van der Waals surface area contributed by atoms with Crippen molar-refractivity contribution in [1.29, 1.82) is 0 Å². The van der Waals surface area contributed by atoms with E-state index in [0.717, 1.165) is 6.42 Å². The molecule has 1 rings (SSSR count). The zero-order chi connectivity index (χ0) is 10.2. The summed E-state index contributed by atoms with van der Waals surface area (Å²) in [5, 5.41) is 3.13. The van der Waals surface area contributed by atoms with Crippen molar-refractivity contribution in [2.45, 2.75) is 51.5 Å². The van der Waals surface area contributed by atoms with E-state index in [1.807, 2.05) is 0 Å². The number of rotatable bonds is 8. The van der Waals surface area contributed by atoms with E-state index in [1.54, 1.807) is 0 Å². The molecule has 0 aromatic rings. The second kappa shape index (κ2) is 6.82. The summed E-state index contributed by atoms with van der Waals surface area (Å²) in [6.07, 6.45) is 7.05. The summed E-state index contributed by atoms with van der Waals surface area (Å²) >= 11 is 0. The van der Waals surface area contributed by atoms with Gasteiger partial charge in [-0.05, 0) is 19.3 Å². The van der Waals surface area contributed by atoms with Crippen LogP contribution in [0.15, 0.2) is 0 Å². The Morgan fingerprint density at radius 3 is 2.79 bits per heavy atom. The van der Waals surface area contributed by atoms with Crippen LogP contribution in [-0.2, 0) is 9.53 Å². The summed E-state index contributed by atoms with van der Waals surface area (Å²) < 4.78 is 5.07. The fourth-order valence-corrected chi connectivity index (χ4v) is 1.28. The Balaban J connectivity index is 1.81. The molecule has 0 amide bonds. The molecule has 0 atom stereocenters. The lowest BCUT2D eigenvalue weighted by Gasteiger charge is -2.04. The molecule has 82 valence electrons. The average Bonchev–Trinajstić information content (AvgIpc) is 2.98. The van der Waals surface area contributed by atoms with E-state index in [9.17, 15) is 4.79 Å². The molecule has 0 spiro atoms. The molecular weight excluding hydrogens is 178 g/mol. The maximum Gasteiger partial charge on any atom is 0.319 e. The number of nitrogens with one attached hydrogen (secondary N) is 1. The van der Waals surface area contributed by atoms with Gasteiger partial charge in [0.2, 0.25) is 0 Å². The highest BCUT2D eigenvalue weighted by Crippen LogP contribution is 2.17. The van der Waals surface area contributed by atoms with Crippen LogP contribution < -0.4 is 5.32 Å². The molecule has 0 unspecified atom stereocenters. The predicted octanol–water partition coefficient (Wildman–Crippen LogP) is 1.86. The van der Waals surface area contributed by atoms with Gasteiger partial charge in [-0.2, -0.15) is 0 Å². The van der Waals surface area contributed by atoms with Crippen molar-refractivity contribution < 1.29 is 9.53 Å². The van der Waals surface area contributed by atoms with Crippen molar-refractivity contribution >= 4 is 5.97 Å². The molecular formula is C11H21NO2. The van der Waals surface area contributed by atoms with Crippen molar-refractivity contribution in [2.75, 3.05) is 13.2 Å². The van der Waals surface area contributed by atoms with Gasteiger partial charge in [-0.1, -0.05) is 26.2 Å². The summed E-state index contributed by atoms with van der Waals surface area (Å²) in [6.45, 7) is 3.15. The van der Waals surface area contributed by atoms with Crippen LogP contribution in [0.2, 0.25) is 0 Å². The Morgan fingerprint density at radius 2 is 2.14 bits per heavy atom. The Morgan fingerprint density at radius 1 is 1.36 bits per heavy atom. The van der Waals surface area contributed by atoms with Gasteiger partial charge in [0.1, 0.15) is 0 Å². The molecule has 1 N–H and O–H groups in total. The average molecular weight is 199 g/mol. The fraction of sp³-hybridized carbons (Fsp3) is 0.909. The lowest BCUT2D eigenvalue weighted by Crippen LogP contribution is -2.26. The molecule has 0 heterocycles. The van der Waals surface area contributed by atoms with E-state index in [1.165, 1.54) is 32.1 Å². The predicted molar refractivity (Wildman–Crippen MR) is 56.1 cm³/mol. The third kappa shape index (κ3) is 5.97. The van der Waals surface area contributed by atoms with Crippen molar-refractivity contribution in [1.82, 2.24) is 5.32 Å². The van der Waals surface area contributed by atoms with Crippen LogP contribution in [0.4, 0.5) is 0 Å². The maximum absolute atomic E-state index is 11.1. The molecule has 3 nitrogen and oxygen atoms in total. The van der Waals surface area contributed by atoms with Gasteiger partial charge in [0.15, 0.2) is 0 Å². The molecule has 1 fully saturated rings. The van der Waals surface area contributed by atoms with Crippen LogP contribution in [-0.4, -0.2) is 25.2 Å². The first kappa shape index (κ1) is 11.5. The van der Waals surface area contributed by atoms with Crippen molar-refractivity contribution in [3.8, 4) is 0 Å². The standard InChI is InChI=1S/C11H21NO2/c1-2-3-4-5-8-14-11(13)9-12-10-6-7-10/h10,12H,2-9H2,1H3. The van der Waals surface area contributed by atoms with Crippen LogP contribution in [0, 0.1) is 0 Å². The number of unbranched alkanes of at least 4 members (excludes halogenated alkanes) is 3. The van der Waals surface area contributed by atoms with Crippen LogP contribution in [0.25, 0.3) is 0 Å². The molecule has 0 aromatic heterocycles. The van der Waals surface area contributed by atoms with E-state index in [0.29, 0.717) is 19.2 Å². The first-order valence-electron chi connectivity index (χ1n) is 5.72. The zero-order valence-electron chi connectivity index (χ0n) is 9.05. The maximum atomic E-state index is 11.1. The molecule has 0 bridgehead atoms. The summed E-state index contributed by atoms with van der Waals surface area (Å²) in [4.78, 5) is 11.1. The highest BCUT2D eigenvalue weighted by Gasteiger charge is 2.21. The van der Waals surface area contributed by atoms with Crippen molar-refractivity contribution in [2.24, 2.45) is 0 Å². The highest BCUT2D eigenvalue weighted by atomic mass is 16.5. The fourth-order valence-electron chi connectivity index (χ4n) is 1.28. The Labute approximate surface area is 86.2 Å². The van der Waals surface area contributed by atoms with E-state index < -0.39 is 0 Å². The molecule has 3 heteroatoms. The summed E-state index contributed by atoms with van der Waals surface area (Å²) in [6, 6.07) is 0.586. The molecule has 0 aliphatic heterocycles. The topological polar surface area (TPSA) is 38.3 Å². The second-order valence-corrected chi connectivity index (χ2v) is 3.94. The molecule has 1 aliphatic rings. The number of carbonyl (C=O) groups excluding carboxylic acids is 1. The normalized spacial score (nSPS) is 15.5. The van der Waals surface area contributed by atoms with E-state index in [2.05, 4.69) is 12.2 Å². The number of hydrogen-bond donors (Lipinski definition) is 1. The van der Waals surface area contributed by atoms with Gasteiger partial charge in [0.05, 0.1) is 13.2 Å². The number of carbonyl (C=O) groups is 1. The van der Waals surface area contributed by atoms with Gasteiger partial charge in [0, 0.05) is 6.04 Å². The molecule has 0 radical (unpaired) electrons. The smallest absolute Gasteiger partial charge is 0.319 e. The van der Waals surface area contributed by atoms with Gasteiger partial charge in [0.25, 0.3) is 0 Å². The molecule has 1 saturated carbocycles. The number of esters is 1. The number of ether oxygens (including phenoxy) is 1. The molecule has 1 aliphatic carbocycles. The first-order chi connectivity index (χ1) is 6.83. The Hall–Kier alpha value is -0.570. The zero-order valence-corrected chi connectivity index (χ0v) is 9.05. The minimum absolute atomic E-state index is 0.103. The first-order valence-corrected chi connectivity index (χ1v) is 5.72. The summed E-state index contributed by atoms with van der Waals surface area (Å²) in [7, 11) is 0. The van der Waals surface area contributed by atoms with Crippen LogP contribution in [0.5, 0.6) is 0 Å². The van der Waals surface area contributed by atoms with E-state index >= 15 is 0 Å². The van der Waals surface area contributed by atoms with E-state index in [4.69, 9.17) is 4.74 Å². The third-order valence-corrected chi connectivity index (χ3v) is 2.37. The third-order valence-electron chi connectivity index (χ3n) is 2.37. The lowest BCUT2D eigenvalue weighted by molar-refractivity contribution is -0.142. The van der Waals surface area contributed by atoms with Crippen LogP contribution in [0.1, 0.15) is 45.4 Å². The van der Waals surface area contributed by atoms with Gasteiger partial charge in [-0.25, -0.2) is 0 Å². The van der Waals surface area contributed by atoms with Crippen molar-refractivity contribution in [3.05, 3.63) is 0 Å². The minimum atomic E-state index is -0.103. The summed E-state index contributed by atoms with van der Waals surface area (Å²) in [5.74, 6) is -0.103. The largest absolute Gasteiger partial charge is 0.465 e. The van der Waals surface area contributed by atoms with Crippen molar-refractivity contribution in [3.63, 3.8) is 0 Å². The van der Waals surface area contributed by atoms with Gasteiger partial charge >= 0.3 is 5.97 Å². The molecule has 0 aromatic carbocycles. The molecule has 14 heavy (non-hydrogen) atoms. The van der Waals surface area contributed by atoms with Gasteiger partial charge < -0.3 is 10.1 Å². The van der Waals surface area contributed by atoms with Crippen LogP contribution in [0.3, 0.4) is 0 Å². The van der Waals surface area contributed by atoms with Gasteiger partial charge in [-0.3, -0.25) is 4.79 Å². The van der Waals surface area contributed by atoms with E-state index in [-0.39, 0.29) is 5.97 Å². The Bertz CT molecular complexity index is 167. The minimum Gasteiger partial charge on any atom is -0.465 e. The highest BCUT2D eigenvalue weighted by molar-refractivity contribution is 5.71. The number of hydrogen-bond acceptors (Lipinski definition) is 3. The Kier molecular flexibility index (Phi) is 5.60.